The molecule has 2 rings (SSSR count). The predicted molar refractivity (Wildman–Crippen MR) is 81.4 cm³/mol. The molecule has 0 spiro atoms. The van der Waals surface area contributed by atoms with Crippen LogP contribution in [0.1, 0.15) is 35.5 Å². The molecule has 0 fully saturated rings. The van der Waals surface area contributed by atoms with Gasteiger partial charge in [-0.05, 0) is 45.0 Å². The molecule has 1 heterocycles. The summed E-state index contributed by atoms with van der Waals surface area (Å²) in [7, 11) is 0. The van der Waals surface area contributed by atoms with Crippen molar-refractivity contribution in [3.05, 3.63) is 47.3 Å². The standard InChI is InChI=1S/C16H21N3O2/c1-4-19-11-14(12(3)18-19)10-17-16(20)13-6-8-15(9-7-13)21-5-2/h6-9,11H,4-5,10H2,1-3H3,(H,17,20). The van der Waals surface area contributed by atoms with Gasteiger partial charge in [-0.15, -0.1) is 0 Å². The van der Waals surface area contributed by atoms with Crippen molar-refractivity contribution in [2.45, 2.75) is 33.9 Å². The number of aryl methyl sites for hydroxylation is 2. The van der Waals surface area contributed by atoms with Crippen molar-refractivity contribution in [3.8, 4) is 5.75 Å². The number of carbonyl (C=O) groups excluding carboxylic acids is 1. The SMILES string of the molecule is CCOc1ccc(C(=O)NCc2cn(CC)nc2C)cc1. The number of hydrogen-bond donors (Lipinski definition) is 1. The van der Waals surface area contributed by atoms with Gasteiger partial charge < -0.3 is 10.1 Å². The van der Waals surface area contributed by atoms with Crippen molar-refractivity contribution in [2.75, 3.05) is 6.61 Å². The van der Waals surface area contributed by atoms with Crippen LogP contribution in [0.2, 0.25) is 0 Å². The van der Waals surface area contributed by atoms with E-state index < -0.39 is 0 Å². The summed E-state index contributed by atoms with van der Waals surface area (Å²) in [4.78, 5) is 12.1. The third kappa shape index (κ3) is 3.84. The van der Waals surface area contributed by atoms with E-state index in [-0.39, 0.29) is 5.91 Å². The molecule has 0 aliphatic heterocycles. The molecule has 5 heteroatoms. The quantitative estimate of drug-likeness (QED) is 0.888. The molecular formula is C16H21N3O2. The van der Waals surface area contributed by atoms with Gasteiger partial charge in [0.2, 0.25) is 0 Å². The van der Waals surface area contributed by atoms with E-state index in [0.29, 0.717) is 18.7 Å². The molecule has 112 valence electrons. The van der Waals surface area contributed by atoms with Crippen LogP contribution < -0.4 is 10.1 Å². The van der Waals surface area contributed by atoms with Gasteiger partial charge >= 0.3 is 0 Å². The Hall–Kier alpha value is -2.30. The highest BCUT2D eigenvalue weighted by atomic mass is 16.5. The Morgan fingerprint density at radius 1 is 1.29 bits per heavy atom. The lowest BCUT2D eigenvalue weighted by atomic mass is 10.2. The molecule has 0 saturated carbocycles. The summed E-state index contributed by atoms with van der Waals surface area (Å²) in [5, 5.41) is 7.27. The van der Waals surface area contributed by atoms with E-state index in [1.165, 1.54) is 0 Å². The first-order valence-corrected chi connectivity index (χ1v) is 7.18. The lowest BCUT2D eigenvalue weighted by Gasteiger charge is -2.06. The Kier molecular flexibility index (Phi) is 4.98. The third-order valence-corrected chi connectivity index (χ3v) is 3.24. The van der Waals surface area contributed by atoms with Gasteiger partial charge in [-0.2, -0.15) is 5.10 Å². The van der Waals surface area contributed by atoms with E-state index in [0.717, 1.165) is 23.6 Å². The maximum absolute atomic E-state index is 12.1. The number of carbonyl (C=O) groups is 1. The molecule has 0 bridgehead atoms. The van der Waals surface area contributed by atoms with Crippen LogP contribution >= 0.6 is 0 Å². The van der Waals surface area contributed by atoms with Crippen molar-refractivity contribution in [3.63, 3.8) is 0 Å². The summed E-state index contributed by atoms with van der Waals surface area (Å²) in [6.45, 7) is 7.84. The van der Waals surface area contributed by atoms with Crippen LogP contribution in [0.3, 0.4) is 0 Å². The summed E-state index contributed by atoms with van der Waals surface area (Å²) in [6.07, 6.45) is 1.97. The molecule has 1 amide bonds. The number of aromatic nitrogens is 2. The molecule has 1 aromatic heterocycles. The number of ether oxygens (including phenoxy) is 1. The van der Waals surface area contributed by atoms with E-state index in [1.54, 1.807) is 24.3 Å². The number of benzene rings is 1. The zero-order valence-corrected chi connectivity index (χ0v) is 12.7. The van der Waals surface area contributed by atoms with Gasteiger partial charge in [-0.1, -0.05) is 0 Å². The van der Waals surface area contributed by atoms with E-state index in [1.807, 2.05) is 31.6 Å². The second-order valence-electron chi connectivity index (χ2n) is 4.74. The molecule has 0 saturated heterocycles. The second-order valence-corrected chi connectivity index (χ2v) is 4.74. The van der Waals surface area contributed by atoms with E-state index in [2.05, 4.69) is 10.4 Å². The highest BCUT2D eigenvalue weighted by Gasteiger charge is 2.08. The molecule has 0 radical (unpaired) electrons. The summed E-state index contributed by atoms with van der Waals surface area (Å²) < 4.78 is 7.23. The fraction of sp³-hybridized carbons (Fsp3) is 0.375. The summed E-state index contributed by atoms with van der Waals surface area (Å²) >= 11 is 0. The Balaban J connectivity index is 1.96. The molecular weight excluding hydrogens is 266 g/mol. The molecule has 1 N–H and O–H groups in total. The molecule has 0 aliphatic rings. The zero-order chi connectivity index (χ0) is 15.2. The average Bonchev–Trinajstić information content (AvgIpc) is 2.86. The van der Waals surface area contributed by atoms with Gasteiger partial charge in [0, 0.05) is 30.4 Å². The minimum absolute atomic E-state index is 0.0957. The van der Waals surface area contributed by atoms with Crippen molar-refractivity contribution in [1.29, 1.82) is 0 Å². The van der Waals surface area contributed by atoms with E-state index >= 15 is 0 Å². The van der Waals surface area contributed by atoms with Gasteiger partial charge in [-0.25, -0.2) is 0 Å². The molecule has 2 aromatic rings. The third-order valence-electron chi connectivity index (χ3n) is 3.24. The van der Waals surface area contributed by atoms with Crippen LogP contribution in [-0.4, -0.2) is 22.3 Å². The first-order chi connectivity index (χ1) is 10.1. The first-order valence-electron chi connectivity index (χ1n) is 7.18. The maximum Gasteiger partial charge on any atom is 0.251 e. The Labute approximate surface area is 124 Å². The number of amides is 1. The van der Waals surface area contributed by atoms with Crippen molar-refractivity contribution < 1.29 is 9.53 Å². The van der Waals surface area contributed by atoms with Gasteiger partial charge in [0.15, 0.2) is 0 Å². The largest absolute Gasteiger partial charge is 0.494 e. The fourth-order valence-electron chi connectivity index (χ4n) is 2.04. The molecule has 5 nitrogen and oxygen atoms in total. The van der Waals surface area contributed by atoms with Crippen LogP contribution in [0.5, 0.6) is 5.75 Å². The first kappa shape index (κ1) is 15.1. The molecule has 0 aliphatic carbocycles. The number of rotatable bonds is 6. The molecule has 0 atom stereocenters. The average molecular weight is 287 g/mol. The summed E-state index contributed by atoms with van der Waals surface area (Å²) in [5.74, 6) is 0.677. The highest BCUT2D eigenvalue weighted by Crippen LogP contribution is 2.12. The second kappa shape index (κ2) is 6.92. The van der Waals surface area contributed by atoms with Crippen molar-refractivity contribution >= 4 is 5.91 Å². The van der Waals surface area contributed by atoms with Crippen LogP contribution in [0.4, 0.5) is 0 Å². The predicted octanol–water partition coefficient (Wildman–Crippen LogP) is 2.54. The summed E-state index contributed by atoms with van der Waals surface area (Å²) in [5.41, 5.74) is 2.61. The van der Waals surface area contributed by atoms with Crippen LogP contribution in [0, 0.1) is 6.92 Å². The topological polar surface area (TPSA) is 56.1 Å². The maximum atomic E-state index is 12.1. The van der Waals surface area contributed by atoms with Crippen LogP contribution in [0.25, 0.3) is 0 Å². The van der Waals surface area contributed by atoms with Crippen molar-refractivity contribution in [1.82, 2.24) is 15.1 Å². The Morgan fingerprint density at radius 3 is 2.57 bits per heavy atom. The molecule has 0 unspecified atom stereocenters. The smallest absolute Gasteiger partial charge is 0.251 e. The van der Waals surface area contributed by atoms with Gasteiger partial charge in [-0.3, -0.25) is 9.48 Å². The minimum atomic E-state index is -0.0957. The highest BCUT2D eigenvalue weighted by molar-refractivity contribution is 5.94. The Bertz CT molecular complexity index is 602. The van der Waals surface area contributed by atoms with Crippen molar-refractivity contribution in [2.24, 2.45) is 0 Å². The van der Waals surface area contributed by atoms with Crippen LogP contribution in [0.15, 0.2) is 30.5 Å². The number of hydrogen-bond acceptors (Lipinski definition) is 3. The van der Waals surface area contributed by atoms with Gasteiger partial charge in [0.1, 0.15) is 5.75 Å². The number of nitrogens with zero attached hydrogens (tertiary/aromatic N) is 2. The molecule has 21 heavy (non-hydrogen) atoms. The zero-order valence-electron chi connectivity index (χ0n) is 12.7. The van der Waals surface area contributed by atoms with E-state index in [9.17, 15) is 4.79 Å². The van der Waals surface area contributed by atoms with Gasteiger partial charge in [0.25, 0.3) is 5.91 Å². The minimum Gasteiger partial charge on any atom is -0.494 e. The lowest BCUT2D eigenvalue weighted by molar-refractivity contribution is 0.0951. The van der Waals surface area contributed by atoms with Gasteiger partial charge in [0.05, 0.1) is 12.3 Å². The molecule has 1 aromatic carbocycles. The van der Waals surface area contributed by atoms with E-state index in [4.69, 9.17) is 4.74 Å². The normalized spacial score (nSPS) is 10.4. The monoisotopic (exact) mass is 287 g/mol. The number of nitrogens with one attached hydrogen (secondary N) is 1. The fourth-order valence-corrected chi connectivity index (χ4v) is 2.04. The van der Waals surface area contributed by atoms with Crippen LogP contribution in [-0.2, 0) is 13.1 Å². The Morgan fingerprint density at radius 2 is 2.00 bits per heavy atom. The lowest BCUT2D eigenvalue weighted by Crippen LogP contribution is -2.22. The summed E-state index contributed by atoms with van der Waals surface area (Å²) in [6, 6.07) is 7.14.